The van der Waals surface area contributed by atoms with E-state index in [1.54, 1.807) is 6.20 Å². The summed E-state index contributed by atoms with van der Waals surface area (Å²) < 4.78 is 6.13. The standard InChI is InChI=1S/C20H27N3O2/c1-2-22-12-13-23(20(21)24)19(15-22)25-18-10-8-17(9-11-18)14-16-6-4-3-5-7-16/h3-7,12-13,15,17-18H,2,8-11,14H2,1H3,(H2,21,24). The van der Waals surface area contributed by atoms with E-state index in [9.17, 15) is 4.79 Å². The van der Waals surface area contributed by atoms with Gasteiger partial charge in [0.1, 0.15) is 6.10 Å². The van der Waals surface area contributed by atoms with Crippen LogP contribution in [0.4, 0.5) is 4.79 Å². The first-order valence-corrected chi connectivity index (χ1v) is 9.11. The molecule has 5 heteroatoms. The summed E-state index contributed by atoms with van der Waals surface area (Å²) in [5.74, 6) is 1.24. The molecule has 0 atom stereocenters. The van der Waals surface area contributed by atoms with Gasteiger partial charge in [0, 0.05) is 18.9 Å². The van der Waals surface area contributed by atoms with Crippen molar-refractivity contribution in [3.8, 4) is 0 Å². The number of carbonyl (C=O) groups is 1. The summed E-state index contributed by atoms with van der Waals surface area (Å²) >= 11 is 0. The first-order chi connectivity index (χ1) is 12.2. The molecule has 25 heavy (non-hydrogen) atoms. The van der Waals surface area contributed by atoms with Crippen LogP contribution in [0, 0.1) is 5.92 Å². The Morgan fingerprint density at radius 3 is 2.52 bits per heavy atom. The Morgan fingerprint density at radius 1 is 1.16 bits per heavy atom. The number of primary amides is 1. The molecule has 0 aromatic heterocycles. The van der Waals surface area contributed by atoms with Gasteiger partial charge in [0.25, 0.3) is 0 Å². The number of benzene rings is 1. The van der Waals surface area contributed by atoms with Gasteiger partial charge >= 0.3 is 6.03 Å². The highest BCUT2D eigenvalue weighted by atomic mass is 16.5. The molecule has 5 nitrogen and oxygen atoms in total. The Balaban J connectivity index is 1.54. The molecule has 1 heterocycles. The van der Waals surface area contributed by atoms with E-state index in [4.69, 9.17) is 10.5 Å². The number of hydrogen-bond donors (Lipinski definition) is 1. The van der Waals surface area contributed by atoms with Crippen molar-refractivity contribution in [2.24, 2.45) is 11.7 Å². The lowest BCUT2D eigenvalue weighted by molar-refractivity contribution is 0.0342. The van der Waals surface area contributed by atoms with Crippen LogP contribution in [-0.4, -0.2) is 28.5 Å². The number of carbonyl (C=O) groups excluding carboxylic acids is 1. The largest absolute Gasteiger partial charge is 0.474 e. The summed E-state index contributed by atoms with van der Waals surface area (Å²) in [6.45, 7) is 2.87. The van der Waals surface area contributed by atoms with Crippen LogP contribution < -0.4 is 5.73 Å². The molecule has 2 N–H and O–H groups in total. The number of amides is 2. The molecule has 3 rings (SSSR count). The molecule has 2 aliphatic rings. The van der Waals surface area contributed by atoms with Crippen LogP contribution >= 0.6 is 0 Å². The van der Waals surface area contributed by atoms with Crippen LogP contribution in [-0.2, 0) is 11.2 Å². The molecule has 0 radical (unpaired) electrons. The number of nitrogens with zero attached hydrogens (tertiary/aromatic N) is 2. The van der Waals surface area contributed by atoms with Gasteiger partial charge in [-0.2, -0.15) is 0 Å². The van der Waals surface area contributed by atoms with Gasteiger partial charge in [-0.05, 0) is 50.5 Å². The lowest BCUT2D eigenvalue weighted by Crippen LogP contribution is -2.37. The second-order valence-electron chi connectivity index (χ2n) is 6.75. The number of hydrogen-bond acceptors (Lipinski definition) is 3. The average Bonchev–Trinajstić information content (AvgIpc) is 2.64. The zero-order valence-electron chi connectivity index (χ0n) is 14.8. The van der Waals surface area contributed by atoms with Gasteiger partial charge in [0.05, 0.1) is 6.20 Å². The van der Waals surface area contributed by atoms with Crippen molar-refractivity contribution in [2.75, 3.05) is 6.54 Å². The molecular weight excluding hydrogens is 314 g/mol. The van der Waals surface area contributed by atoms with Crippen LogP contribution in [0.2, 0.25) is 0 Å². The molecule has 1 fully saturated rings. The van der Waals surface area contributed by atoms with Gasteiger partial charge in [-0.1, -0.05) is 30.3 Å². The van der Waals surface area contributed by atoms with Gasteiger partial charge in [0.15, 0.2) is 0 Å². The fourth-order valence-corrected chi connectivity index (χ4v) is 3.51. The van der Waals surface area contributed by atoms with Gasteiger partial charge < -0.3 is 15.4 Å². The van der Waals surface area contributed by atoms with Crippen LogP contribution in [0.3, 0.4) is 0 Å². The minimum atomic E-state index is -0.518. The molecule has 1 aliphatic carbocycles. The molecule has 1 aromatic rings. The smallest absolute Gasteiger partial charge is 0.325 e. The fourth-order valence-electron chi connectivity index (χ4n) is 3.51. The molecule has 0 saturated heterocycles. The summed E-state index contributed by atoms with van der Waals surface area (Å²) in [6.07, 6.45) is 10.9. The molecule has 134 valence electrons. The Morgan fingerprint density at radius 2 is 1.88 bits per heavy atom. The van der Waals surface area contributed by atoms with Crippen molar-refractivity contribution < 1.29 is 9.53 Å². The zero-order chi connectivity index (χ0) is 17.6. The number of urea groups is 1. The summed E-state index contributed by atoms with van der Waals surface area (Å²) in [7, 11) is 0. The highest BCUT2D eigenvalue weighted by Gasteiger charge is 2.26. The van der Waals surface area contributed by atoms with E-state index >= 15 is 0 Å². The van der Waals surface area contributed by atoms with Crippen LogP contribution in [0.5, 0.6) is 0 Å². The average molecular weight is 341 g/mol. The van der Waals surface area contributed by atoms with Gasteiger partial charge in [-0.3, -0.25) is 0 Å². The minimum absolute atomic E-state index is 0.144. The van der Waals surface area contributed by atoms with Crippen molar-refractivity contribution in [2.45, 2.75) is 45.1 Å². The Hall–Kier alpha value is -2.43. The summed E-state index contributed by atoms with van der Waals surface area (Å²) in [6, 6.07) is 10.1. The highest BCUT2D eigenvalue weighted by Crippen LogP contribution is 2.31. The maximum Gasteiger partial charge on any atom is 0.325 e. The normalized spacial score (nSPS) is 23.3. The lowest BCUT2D eigenvalue weighted by Gasteiger charge is -2.33. The summed E-state index contributed by atoms with van der Waals surface area (Å²) in [5.41, 5.74) is 6.86. The van der Waals surface area contributed by atoms with Gasteiger partial charge in [-0.15, -0.1) is 0 Å². The predicted molar refractivity (Wildman–Crippen MR) is 98.0 cm³/mol. The van der Waals surface area contributed by atoms with E-state index in [-0.39, 0.29) is 6.10 Å². The van der Waals surface area contributed by atoms with Crippen molar-refractivity contribution in [1.82, 2.24) is 9.80 Å². The minimum Gasteiger partial charge on any atom is -0.474 e. The summed E-state index contributed by atoms with van der Waals surface area (Å²) in [4.78, 5) is 15.0. The molecule has 0 unspecified atom stereocenters. The van der Waals surface area contributed by atoms with Gasteiger partial charge in [0.2, 0.25) is 5.88 Å². The lowest BCUT2D eigenvalue weighted by atomic mass is 9.83. The first kappa shape index (κ1) is 17.4. The molecule has 0 bridgehead atoms. The third kappa shape index (κ3) is 4.56. The number of rotatable bonds is 5. The Labute approximate surface area is 149 Å². The topological polar surface area (TPSA) is 58.8 Å². The fraction of sp³-hybridized carbons (Fsp3) is 0.450. The Bertz CT molecular complexity index is 634. The molecule has 1 aliphatic heterocycles. The van der Waals surface area contributed by atoms with E-state index in [2.05, 4.69) is 30.3 Å². The molecule has 1 saturated carbocycles. The van der Waals surface area contributed by atoms with Crippen LogP contribution in [0.1, 0.15) is 38.2 Å². The van der Waals surface area contributed by atoms with E-state index in [1.165, 1.54) is 10.5 Å². The van der Waals surface area contributed by atoms with Crippen molar-refractivity contribution >= 4 is 6.03 Å². The van der Waals surface area contributed by atoms with Crippen molar-refractivity contribution in [1.29, 1.82) is 0 Å². The van der Waals surface area contributed by atoms with Crippen LogP contribution in [0.25, 0.3) is 0 Å². The number of nitrogens with two attached hydrogens (primary N) is 1. The maximum atomic E-state index is 11.6. The van der Waals surface area contributed by atoms with E-state index in [0.717, 1.165) is 38.6 Å². The van der Waals surface area contributed by atoms with E-state index in [0.29, 0.717) is 11.8 Å². The third-order valence-electron chi connectivity index (χ3n) is 4.97. The Kier molecular flexibility index (Phi) is 5.64. The molecule has 0 spiro atoms. The second-order valence-corrected chi connectivity index (χ2v) is 6.75. The zero-order valence-corrected chi connectivity index (χ0v) is 14.8. The maximum absolute atomic E-state index is 11.6. The second kappa shape index (κ2) is 8.10. The number of ether oxygens (including phenoxy) is 1. The molecule has 1 aromatic carbocycles. The van der Waals surface area contributed by atoms with E-state index < -0.39 is 6.03 Å². The van der Waals surface area contributed by atoms with Gasteiger partial charge in [-0.25, -0.2) is 9.69 Å². The summed E-state index contributed by atoms with van der Waals surface area (Å²) in [5, 5.41) is 0. The van der Waals surface area contributed by atoms with Crippen molar-refractivity contribution in [3.05, 3.63) is 60.4 Å². The SMILES string of the molecule is CCN1C=CN(C(N)=O)C(OC2CCC(Cc3ccccc3)CC2)=C1. The quantitative estimate of drug-likeness (QED) is 0.886. The monoisotopic (exact) mass is 341 g/mol. The van der Waals surface area contributed by atoms with Crippen molar-refractivity contribution in [3.63, 3.8) is 0 Å². The molecular formula is C20H27N3O2. The molecule has 2 amide bonds. The van der Waals surface area contributed by atoms with E-state index in [1.807, 2.05) is 24.2 Å². The highest BCUT2D eigenvalue weighted by molar-refractivity contribution is 5.75. The first-order valence-electron chi connectivity index (χ1n) is 9.11. The third-order valence-corrected chi connectivity index (χ3v) is 4.97. The predicted octanol–water partition coefficient (Wildman–Crippen LogP) is 3.79. The van der Waals surface area contributed by atoms with Crippen LogP contribution in [0.15, 0.2) is 54.8 Å².